The van der Waals surface area contributed by atoms with Gasteiger partial charge >= 0.3 is 0 Å². The molecule has 1 nitrogen and oxygen atoms in total. The first kappa shape index (κ1) is 8.73. The summed E-state index contributed by atoms with van der Waals surface area (Å²) in [6.45, 7) is 0. The predicted octanol–water partition coefficient (Wildman–Crippen LogP) is 3.68. The molecule has 0 aliphatic rings. The van der Waals surface area contributed by atoms with Crippen molar-refractivity contribution in [3.8, 4) is 0 Å². The van der Waals surface area contributed by atoms with Crippen molar-refractivity contribution in [1.29, 1.82) is 0 Å². The van der Waals surface area contributed by atoms with Crippen molar-refractivity contribution < 1.29 is 4.39 Å². The Hall–Kier alpha value is -0.860. The van der Waals surface area contributed by atoms with Crippen molar-refractivity contribution >= 4 is 34.0 Å². The molecule has 4 heteroatoms. The first-order valence-electron chi connectivity index (χ1n) is 3.58. The molecule has 0 bridgehead atoms. The summed E-state index contributed by atoms with van der Waals surface area (Å²) in [4.78, 5) is 3.78. The summed E-state index contributed by atoms with van der Waals surface area (Å²) >= 11 is 11.4. The van der Waals surface area contributed by atoms with Gasteiger partial charge in [0.2, 0.25) is 0 Å². The number of fused-ring (bicyclic) bond motifs is 1. The van der Waals surface area contributed by atoms with Gasteiger partial charge in [0.05, 0.1) is 5.39 Å². The summed E-state index contributed by atoms with van der Waals surface area (Å²) in [7, 11) is 0. The van der Waals surface area contributed by atoms with Gasteiger partial charge in [-0.15, -0.1) is 0 Å². The van der Waals surface area contributed by atoms with Gasteiger partial charge in [-0.05, 0) is 23.6 Å². The van der Waals surface area contributed by atoms with Crippen LogP contribution in [0.25, 0.3) is 10.8 Å². The molecule has 0 amide bonds. The van der Waals surface area contributed by atoms with Crippen molar-refractivity contribution in [3.63, 3.8) is 0 Å². The fourth-order valence-corrected chi connectivity index (χ4v) is 1.66. The van der Waals surface area contributed by atoms with Gasteiger partial charge in [0, 0.05) is 11.2 Å². The molecule has 0 spiro atoms. The lowest BCUT2D eigenvalue weighted by Gasteiger charge is -2.01. The van der Waals surface area contributed by atoms with Crippen molar-refractivity contribution in [2.45, 2.75) is 0 Å². The predicted molar refractivity (Wildman–Crippen MR) is 51.7 cm³/mol. The zero-order chi connectivity index (χ0) is 9.42. The van der Waals surface area contributed by atoms with E-state index in [1.54, 1.807) is 12.1 Å². The lowest BCUT2D eigenvalue weighted by molar-refractivity contribution is 0.639. The zero-order valence-electron chi connectivity index (χ0n) is 6.39. The maximum atomic E-state index is 13.3. The summed E-state index contributed by atoms with van der Waals surface area (Å²) in [6.07, 6.45) is 1.51. The topological polar surface area (TPSA) is 12.9 Å². The maximum absolute atomic E-state index is 13.3. The van der Waals surface area contributed by atoms with Gasteiger partial charge in [-0.3, -0.25) is 0 Å². The van der Waals surface area contributed by atoms with Gasteiger partial charge in [-0.2, -0.15) is 0 Å². The molecule has 0 aliphatic heterocycles. The Labute approximate surface area is 84.1 Å². The van der Waals surface area contributed by atoms with Crippen LogP contribution in [0.4, 0.5) is 4.39 Å². The highest BCUT2D eigenvalue weighted by atomic mass is 35.5. The van der Waals surface area contributed by atoms with E-state index in [1.165, 1.54) is 12.3 Å². The Kier molecular flexibility index (Phi) is 2.10. The third kappa shape index (κ3) is 1.47. The smallest absolute Gasteiger partial charge is 0.139 e. The zero-order valence-corrected chi connectivity index (χ0v) is 7.90. The third-order valence-corrected chi connectivity index (χ3v) is 2.24. The number of aromatic nitrogens is 1. The third-order valence-electron chi connectivity index (χ3n) is 1.73. The van der Waals surface area contributed by atoms with E-state index in [-0.39, 0.29) is 5.15 Å². The van der Waals surface area contributed by atoms with Crippen LogP contribution < -0.4 is 0 Å². The summed E-state index contributed by atoms with van der Waals surface area (Å²) in [5, 5.41) is 1.48. The van der Waals surface area contributed by atoms with Crippen molar-refractivity contribution in [1.82, 2.24) is 4.98 Å². The molecule has 13 heavy (non-hydrogen) atoms. The van der Waals surface area contributed by atoms with Crippen LogP contribution in [-0.2, 0) is 0 Å². The Morgan fingerprint density at radius 3 is 2.77 bits per heavy atom. The average Bonchev–Trinajstić information content (AvgIpc) is 2.02. The van der Waals surface area contributed by atoms with Crippen LogP contribution in [0.5, 0.6) is 0 Å². The Bertz CT molecular complexity index is 470. The number of nitrogens with zero attached hydrogens (tertiary/aromatic N) is 1. The fraction of sp³-hybridized carbons (Fsp3) is 0. The highest BCUT2D eigenvalue weighted by molar-refractivity contribution is 6.35. The van der Waals surface area contributed by atoms with Crippen molar-refractivity contribution in [3.05, 3.63) is 40.4 Å². The molecular weight excluding hydrogens is 212 g/mol. The van der Waals surface area contributed by atoms with Gasteiger partial charge in [0.15, 0.2) is 0 Å². The van der Waals surface area contributed by atoms with E-state index < -0.39 is 5.82 Å². The van der Waals surface area contributed by atoms with Crippen molar-refractivity contribution in [2.24, 2.45) is 0 Å². The Balaban J connectivity index is 2.94. The van der Waals surface area contributed by atoms with Crippen LogP contribution in [0.1, 0.15) is 0 Å². The molecule has 0 saturated heterocycles. The monoisotopic (exact) mass is 215 g/mol. The quantitative estimate of drug-likeness (QED) is 0.612. The van der Waals surface area contributed by atoms with Crippen LogP contribution in [0.3, 0.4) is 0 Å². The minimum absolute atomic E-state index is 0.159. The van der Waals surface area contributed by atoms with Gasteiger partial charge < -0.3 is 0 Å². The standard InChI is InChI=1S/C9H4Cl2FN/c10-6-3-5-1-2-13-9(11)8(5)7(12)4-6/h1-4H. The highest BCUT2D eigenvalue weighted by Crippen LogP contribution is 2.27. The molecule has 2 rings (SSSR count). The SMILES string of the molecule is Fc1cc(Cl)cc2ccnc(Cl)c12. The molecule has 0 radical (unpaired) electrons. The molecule has 0 unspecified atom stereocenters. The molecule has 0 atom stereocenters. The molecule has 2 aromatic rings. The second kappa shape index (κ2) is 3.13. The number of hydrogen-bond donors (Lipinski definition) is 0. The van der Waals surface area contributed by atoms with Crippen LogP contribution in [0.15, 0.2) is 24.4 Å². The largest absolute Gasteiger partial charge is 0.244 e. The maximum Gasteiger partial charge on any atom is 0.139 e. The van der Waals surface area contributed by atoms with Crippen LogP contribution >= 0.6 is 23.2 Å². The highest BCUT2D eigenvalue weighted by Gasteiger charge is 2.06. The van der Waals surface area contributed by atoms with Crippen LogP contribution in [-0.4, -0.2) is 4.98 Å². The lowest BCUT2D eigenvalue weighted by Crippen LogP contribution is -1.83. The number of halogens is 3. The average molecular weight is 216 g/mol. The molecule has 66 valence electrons. The number of pyridine rings is 1. The van der Waals surface area contributed by atoms with E-state index in [2.05, 4.69) is 4.98 Å². The molecule has 0 saturated carbocycles. The Morgan fingerprint density at radius 1 is 1.23 bits per heavy atom. The molecule has 1 heterocycles. The summed E-state index contributed by atoms with van der Waals surface area (Å²) in [5.41, 5.74) is 0. The molecule has 0 aliphatic carbocycles. The molecule has 0 N–H and O–H groups in total. The van der Waals surface area contributed by atoms with Gasteiger partial charge in [0.25, 0.3) is 0 Å². The minimum Gasteiger partial charge on any atom is -0.244 e. The molecule has 1 aromatic heterocycles. The minimum atomic E-state index is -0.444. The van der Waals surface area contributed by atoms with E-state index in [4.69, 9.17) is 23.2 Å². The number of hydrogen-bond acceptors (Lipinski definition) is 1. The number of rotatable bonds is 0. The lowest BCUT2D eigenvalue weighted by atomic mass is 10.2. The fourth-order valence-electron chi connectivity index (χ4n) is 1.19. The summed E-state index contributed by atoms with van der Waals surface area (Å²) in [5.74, 6) is -0.444. The van der Waals surface area contributed by atoms with E-state index in [9.17, 15) is 4.39 Å². The van der Waals surface area contributed by atoms with Crippen LogP contribution in [0, 0.1) is 5.82 Å². The second-order valence-electron chi connectivity index (χ2n) is 2.59. The number of benzene rings is 1. The molecular formula is C9H4Cl2FN. The Morgan fingerprint density at radius 2 is 2.00 bits per heavy atom. The van der Waals surface area contributed by atoms with E-state index in [1.807, 2.05) is 0 Å². The van der Waals surface area contributed by atoms with E-state index in [0.29, 0.717) is 15.8 Å². The summed E-state index contributed by atoms with van der Waals surface area (Å²) < 4.78 is 13.3. The van der Waals surface area contributed by atoms with Crippen molar-refractivity contribution in [2.75, 3.05) is 0 Å². The molecule has 1 aromatic carbocycles. The van der Waals surface area contributed by atoms with Gasteiger partial charge in [-0.1, -0.05) is 23.2 Å². The normalized spacial score (nSPS) is 10.7. The van der Waals surface area contributed by atoms with E-state index >= 15 is 0 Å². The first-order chi connectivity index (χ1) is 6.18. The second-order valence-corrected chi connectivity index (χ2v) is 3.38. The molecule has 0 fully saturated rings. The van der Waals surface area contributed by atoms with Crippen LogP contribution in [0.2, 0.25) is 10.2 Å². The van der Waals surface area contributed by atoms with Gasteiger partial charge in [-0.25, -0.2) is 9.37 Å². The first-order valence-corrected chi connectivity index (χ1v) is 4.33. The van der Waals surface area contributed by atoms with Gasteiger partial charge in [0.1, 0.15) is 11.0 Å². The van der Waals surface area contributed by atoms with E-state index in [0.717, 1.165) is 0 Å². The summed E-state index contributed by atoms with van der Waals surface area (Å²) in [6, 6.07) is 4.53.